The molecule has 3 heteroatoms. The van der Waals surface area contributed by atoms with Crippen molar-refractivity contribution >= 4 is 12.6 Å². The molecule has 1 rings (SSSR count). The highest BCUT2D eigenvalue weighted by molar-refractivity contribution is 7.80. The highest BCUT2D eigenvalue weighted by Crippen LogP contribution is 2.13. The van der Waals surface area contributed by atoms with Crippen LogP contribution in [0.4, 0.5) is 0 Å². The first-order valence-corrected chi connectivity index (χ1v) is 3.82. The second-order valence-corrected chi connectivity index (χ2v) is 3.32. The van der Waals surface area contributed by atoms with E-state index in [2.05, 4.69) is 17.5 Å². The van der Waals surface area contributed by atoms with Crippen LogP contribution in [0, 0.1) is 0 Å². The summed E-state index contributed by atoms with van der Waals surface area (Å²) in [4.78, 5) is 2.16. The summed E-state index contributed by atoms with van der Waals surface area (Å²) < 4.78 is 0. The van der Waals surface area contributed by atoms with Crippen LogP contribution in [0.2, 0.25) is 0 Å². The number of nitrogens with zero attached hydrogens (tertiary/aromatic N) is 1. The van der Waals surface area contributed by atoms with Crippen LogP contribution in [0.5, 0.6) is 0 Å². The number of β-amino-alcohol motifs (C(OH)–C–C–N with tert-alkyl or cyclic N) is 1. The van der Waals surface area contributed by atoms with Gasteiger partial charge in [-0.25, -0.2) is 0 Å². The Morgan fingerprint density at radius 2 is 2.44 bits per heavy atom. The molecule has 0 aliphatic carbocycles. The third-order valence-corrected chi connectivity index (χ3v) is 2.05. The quantitative estimate of drug-likeness (QED) is 0.522. The molecule has 1 saturated heterocycles. The predicted octanol–water partition coefficient (Wildman–Crippen LogP) is 0.329. The molecule has 0 aromatic carbocycles. The van der Waals surface area contributed by atoms with Crippen molar-refractivity contribution in [2.45, 2.75) is 24.8 Å². The normalized spacial score (nSPS) is 33.0. The molecule has 1 aliphatic heterocycles. The van der Waals surface area contributed by atoms with Gasteiger partial charge in [0.25, 0.3) is 0 Å². The highest BCUT2D eigenvalue weighted by atomic mass is 32.1. The summed E-state index contributed by atoms with van der Waals surface area (Å²) in [6.45, 7) is 3.82. The first-order chi connectivity index (χ1) is 4.20. The van der Waals surface area contributed by atoms with Crippen LogP contribution in [-0.2, 0) is 0 Å². The summed E-state index contributed by atoms with van der Waals surface area (Å²) >= 11 is 4.25. The van der Waals surface area contributed by atoms with Crippen LogP contribution in [0.25, 0.3) is 0 Å². The Morgan fingerprint density at radius 3 is 2.67 bits per heavy atom. The van der Waals surface area contributed by atoms with Crippen molar-refractivity contribution in [3.8, 4) is 0 Å². The van der Waals surface area contributed by atoms with Gasteiger partial charge in [-0.2, -0.15) is 12.6 Å². The molecule has 1 fully saturated rings. The van der Waals surface area contributed by atoms with E-state index < -0.39 is 0 Å². The van der Waals surface area contributed by atoms with E-state index in [1.54, 1.807) is 0 Å². The number of rotatable bonds is 1. The zero-order valence-corrected chi connectivity index (χ0v) is 6.51. The minimum absolute atomic E-state index is 0.111. The Kier molecular flexibility index (Phi) is 2.38. The van der Waals surface area contributed by atoms with Crippen molar-refractivity contribution in [2.75, 3.05) is 13.1 Å². The van der Waals surface area contributed by atoms with Gasteiger partial charge in [0.05, 0.1) is 6.10 Å². The third kappa shape index (κ3) is 1.85. The third-order valence-electron chi connectivity index (χ3n) is 1.72. The van der Waals surface area contributed by atoms with Gasteiger partial charge >= 0.3 is 0 Å². The van der Waals surface area contributed by atoms with Crippen molar-refractivity contribution < 1.29 is 5.11 Å². The Balaban J connectivity index is 2.30. The summed E-state index contributed by atoms with van der Waals surface area (Å²) in [7, 11) is 0. The standard InChI is InChI=1S/C6H13NOS/c1-5(9)7-3-2-6(8)4-7/h5-6,8-9H,2-4H2,1H3/t5?,6-/m1/s1. The topological polar surface area (TPSA) is 23.5 Å². The Hall–Kier alpha value is 0.270. The minimum atomic E-state index is -0.111. The lowest BCUT2D eigenvalue weighted by Crippen LogP contribution is -2.27. The maximum atomic E-state index is 9.07. The molecule has 0 bridgehead atoms. The van der Waals surface area contributed by atoms with Crippen molar-refractivity contribution in [3.63, 3.8) is 0 Å². The number of hydrogen-bond acceptors (Lipinski definition) is 3. The first kappa shape index (κ1) is 7.38. The molecule has 2 atom stereocenters. The molecule has 1 N–H and O–H groups in total. The van der Waals surface area contributed by atoms with E-state index in [0.717, 1.165) is 19.5 Å². The van der Waals surface area contributed by atoms with Gasteiger partial charge in [0.1, 0.15) is 0 Å². The largest absolute Gasteiger partial charge is 0.392 e. The van der Waals surface area contributed by atoms with Crippen LogP contribution in [0.15, 0.2) is 0 Å². The van der Waals surface area contributed by atoms with Gasteiger partial charge in [-0.3, -0.25) is 4.90 Å². The molecule has 0 saturated carbocycles. The molecule has 1 aliphatic rings. The van der Waals surface area contributed by atoms with Crippen LogP contribution in [0.1, 0.15) is 13.3 Å². The lowest BCUT2D eigenvalue weighted by atomic mass is 10.3. The van der Waals surface area contributed by atoms with Crippen molar-refractivity contribution in [2.24, 2.45) is 0 Å². The van der Waals surface area contributed by atoms with Gasteiger partial charge in [0.15, 0.2) is 0 Å². The maximum Gasteiger partial charge on any atom is 0.0679 e. The van der Waals surface area contributed by atoms with Gasteiger partial charge in [-0.05, 0) is 13.3 Å². The van der Waals surface area contributed by atoms with E-state index >= 15 is 0 Å². The molecule has 54 valence electrons. The van der Waals surface area contributed by atoms with Crippen LogP contribution < -0.4 is 0 Å². The Morgan fingerprint density at radius 1 is 1.78 bits per heavy atom. The summed E-state index contributed by atoms with van der Waals surface area (Å²) in [6, 6.07) is 0. The Labute approximate surface area is 61.3 Å². The van der Waals surface area contributed by atoms with Crippen LogP contribution in [-0.4, -0.2) is 34.6 Å². The van der Waals surface area contributed by atoms with E-state index in [0.29, 0.717) is 5.37 Å². The van der Waals surface area contributed by atoms with E-state index in [9.17, 15) is 0 Å². The van der Waals surface area contributed by atoms with Crippen molar-refractivity contribution in [1.82, 2.24) is 4.90 Å². The van der Waals surface area contributed by atoms with Gasteiger partial charge in [-0.15, -0.1) is 0 Å². The minimum Gasteiger partial charge on any atom is -0.392 e. The molecular formula is C6H13NOS. The average molecular weight is 147 g/mol. The van der Waals surface area contributed by atoms with E-state index in [-0.39, 0.29) is 6.10 Å². The molecule has 0 aromatic rings. The summed E-state index contributed by atoms with van der Waals surface area (Å²) in [6.07, 6.45) is 0.796. The second kappa shape index (κ2) is 2.90. The lowest BCUT2D eigenvalue weighted by molar-refractivity contribution is 0.175. The molecule has 1 unspecified atom stereocenters. The fraction of sp³-hybridized carbons (Fsp3) is 1.00. The SMILES string of the molecule is CC(S)N1CC[C@@H](O)C1. The average Bonchev–Trinajstić information content (AvgIpc) is 2.14. The van der Waals surface area contributed by atoms with E-state index in [1.807, 2.05) is 6.92 Å². The van der Waals surface area contributed by atoms with Gasteiger partial charge in [0.2, 0.25) is 0 Å². The first-order valence-electron chi connectivity index (χ1n) is 3.30. The predicted molar refractivity (Wildman–Crippen MR) is 40.6 cm³/mol. The molecule has 0 aromatic heterocycles. The smallest absolute Gasteiger partial charge is 0.0679 e. The highest BCUT2D eigenvalue weighted by Gasteiger charge is 2.21. The van der Waals surface area contributed by atoms with E-state index in [1.165, 1.54) is 0 Å². The van der Waals surface area contributed by atoms with E-state index in [4.69, 9.17) is 5.11 Å². The van der Waals surface area contributed by atoms with Crippen molar-refractivity contribution in [1.29, 1.82) is 0 Å². The zero-order chi connectivity index (χ0) is 6.85. The summed E-state index contributed by atoms with van der Waals surface area (Å²) in [5, 5.41) is 9.37. The lowest BCUT2D eigenvalue weighted by Gasteiger charge is -2.17. The molecule has 9 heavy (non-hydrogen) atoms. The van der Waals surface area contributed by atoms with Gasteiger partial charge in [-0.1, -0.05) is 0 Å². The molecule has 2 nitrogen and oxygen atoms in total. The Bertz CT molecular complexity index is 97.1. The zero-order valence-electron chi connectivity index (χ0n) is 5.62. The van der Waals surface area contributed by atoms with Crippen molar-refractivity contribution in [3.05, 3.63) is 0 Å². The molecular weight excluding hydrogens is 134 g/mol. The maximum absolute atomic E-state index is 9.07. The number of thiol groups is 1. The fourth-order valence-electron chi connectivity index (χ4n) is 1.11. The molecule has 0 amide bonds. The fourth-order valence-corrected chi connectivity index (χ4v) is 1.32. The summed E-state index contributed by atoms with van der Waals surface area (Å²) in [5.74, 6) is 0. The number of likely N-dealkylation sites (tertiary alicyclic amines) is 1. The number of hydrogen-bond donors (Lipinski definition) is 2. The second-order valence-electron chi connectivity index (χ2n) is 2.57. The molecule has 0 radical (unpaired) electrons. The van der Waals surface area contributed by atoms with Gasteiger partial charge in [0, 0.05) is 18.5 Å². The number of aliphatic hydroxyl groups is 1. The number of aliphatic hydroxyl groups excluding tert-OH is 1. The van der Waals surface area contributed by atoms with Crippen LogP contribution >= 0.6 is 12.6 Å². The van der Waals surface area contributed by atoms with Crippen LogP contribution in [0.3, 0.4) is 0 Å². The monoisotopic (exact) mass is 147 g/mol. The molecule has 0 spiro atoms. The molecule has 1 heterocycles. The summed E-state index contributed by atoms with van der Waals surface area (Å²) in [5.41, 5.74) is 0. The van der Waals surface area contributed by atoms with Gasteiger partial charge < -0.3 is 5.11 Å².